The molecule has 2 heterocycles. The highest BCUT2D eigenvalue weighted by Crippen LogP contribution is 2.40. The van der Waals surface area contributed by atoms with Crippen LogP contribution in [0.25, 0.3) is 17.2 Å². The number of fused-ring (bicyclic) bond motifs is 1. The van der Waals surface area contributed by atoms with Crippen molar-refractivity contribution >= 4 is 11.9 Å². The van der Waals surface area contributed by atoms with E-state index in [1.165, 1.54) is 24.4 Å². The number of H-pyrrole nitrogens is 1. The highest BCUT2D eigenvalue weighted by molar-refractivity contribution is 5.85. The van der Waals surface area contributed by atoms with Crippen molar-refractivity contribution in [3.63, 3.8) is 0 Å². The van der Waals surface area contributed by atoms with Gasteiger partial charge in [0, 0.05) is 23.4 Å². The van der Waals surface area contributed by atoms with Crippen LogP contribution in [0.2, 0.25) is 0 Å². The number of hydrogen-bond acceptors (Lipinski definition) is 2. The van der Waals surface area contributed by atoms with Crippen molar-refractivity contribution in [3.8, 4) is 11.1 Å². The third kappa shape index (κ3) is 2.01. The standard InChI is InChI=1S/C13H9F4N3/c14-11-5-8-9(6-18-12(8)20-19-11)7-3-1-2-4-10(7)13(15,16)17/h1-6,18-20H. The second-order valence-electron chi connectivity index (χ2n) is 4.28. The average Bonchev–Trinajstić information content (AvgIpc) is 2.80. The molecule has 104 valence electrons. The largest absolute Gasteiger partial charge is 0.417 e. The quantitative estimate of drug-likeness (QED) is 0.548. The molecule has 0 spiro atoms. The average molecular weight is 283 g/mol. The molecule has 3 N–H and O–H groups in total. The second-order valence-corrected chi connectivity index (χ2v) is 4.28. The van der Waals surface area contributed by atoms with Crippen LogP contribution in [0.1, 0.15) is 11.1 Å². The minimum Gasteiger partial charge on any atom is -0.346 e. The zero-order valence-electron chi connectivity index (χ0n) is 9.98. The fourth-order valence-corrected chi connectivity index (χ4v) is 2.16. The van der Waals surface area contributed by atoms with Crippen molar-refractivity contribution in [2.24, 2.45) is 0 Å². The monoisotopic (exact) mass is 283 g/mol. The maximum atomic E-state index is 13.2. The van der Waals surface area contributed by atoms with Gasteiger partial charge in [-0.25, -0.2) is 0 Å². The number of rotatable bonds is 1. The van der Waals surface area contributed by atoms with Crippen LogP contribution in [-0.4, -0.2) is 4.98 Å². The number of anilines is 1. The Kier molecular flexibility index (Phi) is 2.70. The maximum Gasteiger partial charge on any atom is 0.417 e. The molecule has 0 bridgehead atoms. The summed E-state index contributed by atoms with van der Waals surface area (Å²) < 4.78 is 52.3. The third-order valence-electron chi connectivity index (χ3n) is 3.02. The number of nitrogens with one attached hydrogen (secondary N) is 3. The number of hydrazine groups is 1. The van der Waals surface area contributed by atoms with Crippen molar-refractivity contribution in [2.45, 2.75) is 6.18 Å². The smallest absolute Gasteiger partial charge is 0.346 e. The molecule has 0 atom stereocenters. The minimum atomic E-state index is -4.47. The Balaban J connectivity index is 2.20. The van der Waals surface area contributed by atoms with E-state index in [1.807, 2.05) is 0 Å². The summed E-state index contributed by atoms with van der Waals surface area (Å²) >= 11 is 0. The van der Waals surface area contributed by atoms with Crippen molar-refractivity contribution < 1.29 is 17.6 Å². The number of aromatic amines is 1. The van der Waals surface area contributed by atoms with Gasteiger partial charge in [0.05, 0.1) is 5.56 Å². The van der Waals surface area contributed by atoms with Gasteiger partial charge in [0.25, 0.3) is 0 Å². The lowest BCUT2D eigenvalue weighted by Crippen LogP contribution is -2.22. The molecule has 0 amide bonds. The van der Waals surface area contributed by atoms with Gasteiger partial charge in [-0.2, -0.15) is 17.6 Å². The maximum absolute atomic E-state index is 13.2. The first-order valence-corrected chi connectivity index (χ1v) is 5.74. The third-order valence-corrected chi connectivity index (χ3v) is 3.02. The van der Waals surface area contributed by atoms with Gasteiger partial charge in [0.1, 0.15) is 5.82 Å². The summed E-state index contributed by atoms with van der Waals surface area (Å²) in [5.41, 5.74) is 4.65. The van der Waals surface area contributed by atoms with Gasteiger partial charge in [-0.3, -0.25) is 10.9 Å². The van der Waals surface area contributed by atoms with Crippen LogP contribution in [0.15, 0.2) is 36.4 Å². The number of halogens is 4. The van der Waals surface area contributed by atoms with Crippen LogP contribution in [0.4, 0.5) is 23.4 Å². The van der Waals surface area contributed by atoms with E-state index in [0.717, 1.165) is 12.1 Å². The van der Waals surface area contributed by atoms with E-state index in [-0.39, 0.29) is 11.1 Å². The van der Waals surface area contributed by atoms with Crippen LogP contribution >= 0.6 is 0 Å². The number of aromatic nitrogens is 1. The minimum absolute atomic E-state index is 0.00486. The molecule has 0 unspecified atom stereocenters. The summed E-state index contributed by atoms with van der Waals surface area (Å²) in [6.45, 7) is 0. The molecule has 0 saturated heterocycles. The predicted molar refractivity (Wildman–Crippen MR) is 67.1 cm³/mol. The van der Waals surface area contributed by atoms with Gasteiger partial charge in [-0.1, -0.05) is 18.2 Å². The summed E-state index contributed by atoms with van der Waals surface area (Å²) in [6, 6.07) is 5.20. The summed E-state index contributed by atoms with van der Waals surface area (Å²) in [5.74, 6) is -0.249. The first-order chi connectivity index (χ1) is 9.47. The summed E-state index contributed by atoms with van der Waals surface area (Å²) in [5, 5.41) is 0. The van der Waals surface area contributed by atoms with Crippen molar-refractivity contribution in [1.29, 1.82) is 0 Å². The molecule has 0 aliphatic carbocycles. The predicted octanol–water partition coefficient (Wildman–Crippen LogP) is 3.90. The molecule has 0 saturated carbocycles. The summed E-state index contributed by atoms with van der Waals surface area (Å²) in [7, 11) is 0. The fourth-order valence-electron chi connectivity index (χ4n) is 2.16. The molecular formula is C13H9F4N3. The molecule has 1 aliphatic rings. The number of alkyl halides is 3. The van der Waals surface area contributed by atoms with Gasteiger partial charge < -0.3 is 4.98 Å². The molecule has 1 aliphatic heterocycles. The molecule has 20 heavy (non-hydrogen) atoms. The lowest BCUT2D eigenvalue weighted by atomic mass is 9.98. The molecule has 1 aromatic heterocycles. The van der Waals surface area contributed by atoms with Crippen LogP contribution in [0, 0.1) is 0 Å². The van der Waals surface area contributed by atoms with Crippen LogP contribution in [0.3, 0.4) is 0 Å². The van der Waals surface area contributed by atoms with Crippen LogP contribution in [0.5, 0.6) is 0 Å². The van der Waals surface area contributed by atoms with E-state index in [2.05, 4.69) is 15.8 Å². The second kappa shape index (κ2) is 4.29. The van der Waals surface area contributed by atoms with Gasteiger partial charge in [0.15, 0.2) is 0 Å². The highest BCUT2D eigenvalue weighted by Gasteiger charge is 2.34. The van der Waals surface area contributed by atoms with Gasteiger partial charge in [0.2, 0.25) is 5.95 Å². The van der Waals surface area contributed by atoms with E-state index in [0.29, 0.717) is 11.4 Å². The van der Waals surface area contributed by atoms with Crippen LogP contribution < -0.4 is 10.9 Å². The zero-order valence-corrected chi connectivity index (χ0v) is 9.98. The molecule has 7 heteroatoms. The first-order valence-electron chi connectivity index (χ1n) is 5.74. The van der Waals surface area contributed by atoms with Crippen molar-refractivity contribution in [2.75, 3.05) is 5.43 Å². The molecule has 0 radical (unpaired) electrons. The van der Waals surface area contributed by atoms with Crippen LogP contribution in [-0.2, 0) is 6.18 Å². The summed E-state index contributed by atoms with van der Waals surface area (Å²) in [4.78, 5) is 2.77. The molecule has 3 rings (SSSR count). The van der Waals surface area contributed by atoms with E-state index in [1.54, 1.807) is 0 Å². The Labute approximate surface area is 111 Å². The molecule has 2 aromatic rings. The highest BCUT2D eigenvalue weighted by atomic mass is 19.4. The molecule has 0 fully saturated rings. The Hall–Kier alpha value is -2.44. The van der Waals surface area contributed by atoms with Gasteiger partial charge in [-0.15, -0.1) is 0 Å². The number of hydrogen-bond donors (Lipinski definition) is 3. The van der Waals surface area contributed by atoms with E-state index in [9.17, 15) is 17.6 Å². The lowest BCUT2D eigenvalue weighted by Gasteiger charge is -2.15. The van der Waals surface area contributed by atoms with Gasteiger partial charge >= 0.3 is 6.18 Å². The SMILES string of the molecule is FC1=Cc2c(-c3ccccc3C(F)(F)F)c[nH]c2NN1. The Morgan fingerprint density at radius 2 is 1.70 bits per heavy atom. The van der Waals surface area contributed by atoms with Gasteiger partial charge in [-0.05, 0) is 11.6 Å². The molecular weight excluding hydrogens is 274 g/mol. The summed E-state index contributed by atoms with van der Waals surface area (Å²) in [6.07, 6.45) is -1.91. The Morgan fingerprint density at radius 1 is 0.950 bits per heavy atom. The van der Waals surface area contributed by atoms with E-state index < -0.39 is 17.7 Å². The van der Waals surface area contributed by atoms with Crippen molar-refractivity contribution in [1.82, 2.24) is 10.4 Å². The molecule has 3 nitrogen and oxygen atoms in total. The Bertz CT molecular complexity index is 685. The van der Waals surface area contributed by atoms with Crippen molar-refractivity contribution in [3.05, 3.63) is 47.5 Å². The normalized spacial score (nSPS) is 14.1. The van der Waals surface area contributed by atoms with E-state index >= 15 is 0 Å². The Morgan fingerprint density at radius 3 is 2.45 bits per heavy atom. The van der Waals surface area contributed by atoms with E-state index in [4.69, 9.17) is 0 Å². The number of benzene rings is 1. The zero-order chi connectivity index (χ0) is 14.3. The molecule has 1 aromatic carbocycles. The first kappa shape index (κ1) is 12.6. The topological polar surface area (TPSA) is 39.9 Å². The fraction of sp³-hybridized carbons (Fsp3) is 0.0769. The lowest BCUT2D eigenvalue weighted by molar-refractivity contribution is -0.137.